The van der Waals surface area contributed by atoms with Crippen molar-refractivity contribution in [3.8, 4) is 0 Å². The summed E-state index contributed by atoms with van der Waals surface area (Å²) in [5.74, 6) is 0. The van der Waals surface area contributed by atoms with E-state index >= 15 is 0 Å². The highest BCUT2D eigenvalue weighted by molar-refractivity contribution is 6.64. The third kappa shape index (κ3) is 2.63. The second kappa shape index (κ2) is 5.65. The van der Waals surface area contributed by atoms with E-state index in [4.69, 9.17) is 5.73 Å². The van der Waals surface area contributed by atoms with Gasteiger partial charge in [0.1, 0.15) is 0 Å². The fourth-order valence-corrected chi connectivity index (χ4v) is 2.62. The first-order valence-corrected chi connectivity index (χ1v) is 6.30. The van der Waals surface area contributed by atoms with E-state index in [1.165, 1.54) is 16.7 Å². The number of aryl methyl sites for hydroxylation is 1. The summed E-state index contributed by atoms with van der Waals surface area (Å²) in [4.78, 5) is 12.7. The second-order valence-corrected chi connectivity index (χ2v) is 4.94. The standard InChI is InChI=1S/C13H19BN2O2/c1-9-2-3-10-7-16(14-8-17)12(13(18)6-15)5-11(10)4-9/h2-4,8,12-14,18H,5-7,15H2,1H3/t12-,13+/m0/s1. The summed E-state index contributed by atoms with van der Waals surface area (Å²) in [5.41, 5.74) is 9.26. The minimum absolute atomic E-state index is 0.0606. The minimum atomic E-state index is -0.585. The van der Waals surface area contributed by atoms with Crippen LogP contribution >= 0.6 is 0 Å². The fourth-order valence-electron chi connectivity index (χ4n) is 2.62. The van der Waals surface area contributed by atoms with Crippen molar-refractivity contribution in [1.82, 2.24) is 4.81 Å². The summed E-state index contributed by atoms with van der Waals surface area (Å²) >= 11 is 0. The van der Waals surface area contributed by atoms with Crippen molar-refractivity contribution in [2.45, 2.75) is 32.0 Å². The molecule has 96 valence electrons. The lowest BCUT2D eigenvalue weighted by atomic mass is 9.81. The molecule has 0 saturated heterocycles. The Balaban J connectivity index is 2.28. The van der Waals surface area contributed by atoms with Crippen molar-refractivity contribution in [3.05, 3.63) is 34.9 Å². The first kappa shape index (κ1) is 13.3. The van der Waals surface area contributed by atoms with Crippen molar-refractivity contribution < 1.29 is 9.90 Å². The minimum Gasteiger partial charge on any atom is -0.390 e. The van der Waals surface area contributed by atoms with Crippen LogP contribution in [0.3, 0.4) is 0 Å². The molecule has 1 aliphatic rings. The summed E-state index contributed by atoms with van der Waals surface area (Å²) in [6.45, 7) is 2.99. The molecule has 0 bridgehead atoms. The van der Waals surface area contributed by atoms with E-state index in [0.717, 1.165) is 12.6 Å². The molecular weight excluding hydrogens is 227 g/mol. The summed E-state index contributed by atoms with van der Waals surface area (Å²) in [6, 6.07) is 6.28. The molecule has 18 heavy (non-hydrogen) atoms. The van der Waals surface area contributed by atoms with Gasteiger partial charge < -0.3 is 20.4 Å². The van der Waals surface area contributed by atoms with Crippen LogP contribution in [0.5, 0.6) is 0 Å². The Kier molecular flexibility index (Phi) is 4.17. The first-order chi connectivity index (χ1) is 8.65. The van der Waals surface area contributed by atoms with Crippen LogP contribution in [0, 0.1) is 6.92 Å². The number of nitrogens with two attached hydrogens (primary N) is 1. The lowest BCUT2D eigenvalue weighted by Gasteiger charge is -2.38. The number of aliphatic hydroxyl groups excluding tert-OH is 1. The van der Waals surface area contributed by atoms with Gasteiger partial charge in [0.15, 0.2) is 0 Å². The molecule has 0 aliphatic carbocycles. The van der Waals surface area contributed by atoms with Crippen LogP contribution in [0.15, 0.2) is 18.2 Å². The van der Waals surface area contributed by atoms with Gasteiger partial charge in [0.05, 0.1) is 12.3 Å². The average molecular weight is 246 g/mol. The molecule has 0 radical (unpaired) electrons. The number of carbonyl (C=O) groups is 1. The Morgan fingerprint density at radius 1 is 1.61 bits per heavy atom. The third-order valence-electron chi connectivity index (χ3n) is 3.63. The van der Waals surface area contributed by atoms with Crippen molar-refractivity contribution in [2.24, 2.45) is 5.73 Å². The van der Waals surface area contributed by atoms with Gasteiger partial charge in [0, 0.05) is 19.1 Å². The van der Waals surface area contributed by atoms with Gasteiger partial charge in [-0.3, -0.25) is 0 Å². The molecule has 3 N–H and O–H groups in total. The quantitative estimate of drug-likeness (QED) is 0.559. The van der Waals surface area contributed by atoms with E-state index < -0.39 is 6.10 Å². The summed E-state index contributed by atoms with van der Waals surface area (Å²) < 4.78 is 0. The Morgan fingerprint density at radius 3 is 3.06 bits per heavy atom. The van der Waals surface area contributed by atoms with Gasteiger partial charge in [-0.25, -0.2) is 0 Å². The van der Waals surface area contributed by atoms with E-state index in [1.807, 2.05) is 4.81 Å². The molecule has 0 spiro atoms. The van der Waals surface area contributed by atoms with E-state index in [-0.39, 0.29) is 12.6 Å². The highest BCUT2D eigenvalue weighted by atomic mass is 16.3. The van der Waals surface area contributed by atoms with Crippen molar-refractivity contribution in [2.75, 3.05) is 6.54 Å². The van der Waals surface area contributed by atoms with E-state index in [1.54, 1.807) is 0 Å². The predicted octanol–water partition coefficient (Wildman–Crippen LogP) is -0.417. The molecule has 0 aromatic heterocycles. The molecule has 2 atom stereocenters. The molecule has 0 unspecified atom stereocenters. The van der Waals surface area contributed by atoms with Crippen LogP contribution in [-0.2, 0) is 17.8 Å². The van der Waals surface area contributed by atoms with Crippen LogP contribution in [0.2, 0.25) is 0 Å². The summed E-state index contributed by atoms with van der Waals surface area (Å²) in [7, 11) is 0.342. The first-order valence-electron chi connectivity index (χ1n) is 6.30. The van der Waals surface area contributed by atoms with E-state index in [2.05, 4.69) is 25.1 Å². The van der Waals surface area contributed by atoms with Crippen LogP contribution < -0.4 is 5.73 Å². The topological polar surface area (TPSA) is 66.6 Å². The lowest BCUT2D eigenvalue weighted by molar-refractivity contribution is 0.0877. The van der Waals surface area contributed by atoms with Gasteiger partial charge in [-0.1, -0.05) is 23.8 Å². The van der Waals surface area contributed by atoms with Crippen LogP contribution in [0.25, 0.3) is 0 Å². The number of carbonyl (C=O) groups excluding carboxylic acids is 1. The van der Waals surface area contributed by atoms with E-state index in [9.17, 15) is 9.90 Å². The average Bonchev–Trinajstić information content (AvgIpc) is 2.37. The maximum absolute atomic E-state index is 10.7. The fraction of sp³-hybridized carbons (Fsp3) is 0.462. The van der Waals surface area contributed by atoms with E-state index in [0.29, 0.717) is 14.0 Å². The Hall–Kier alpha value is -1.17. The maximum atomic E-state index is 10.7. The molecule has 2 rings (SSSR count). The van der Waals surface area contributed by atoms with Crippen LogP contribution in [0.4, 0.5) is 0 Å². The number of nitrogens with zero attached hydrogens (tertiary/aromatic N) is 1. The second-order valence-electron chi connectivity index (χ2n) is 4.94. The van der Waals surface area contributed by atoms with Gasteiger partial charge in [-0.05, 0) is 24.5 Å². The molecule has 1 heterocycles. The molecule has 0 saturated carbocycles. The largest absolute Gasteiger partial charge is 0.390 e. The number of hydrogen-bond acceptors (Lipinski definition) is 4. The van der Waals surface area contributed by atoms with Gasteiger partial charge in [0.25, 0.3) is 7.41 Å². The Bertz CT molecular complexity index is 439. The Morgan fingerprint density at radius 2 is 2.39 bits per heavy atom. The molecule has 5 heteroatoms. The zero-order valence-electron chi connectivity index (χ0n) is 10.7. The summed E-state index contributed by atoms with van der Waals surface area (Å²) in [5, 5.41) is 9.99. The zero-order chi connectivity index (χ0) is 13.1. The molecule has 0 amide bonds. The predicted molar refractivity (Wildman–Crippen MR) is 73.2 cm³/mol. The van der Waals surface area contributed by atoms with Gasteiger partial charge in [0.2, 0.25) is 0 Å². The monoisotopic (exact) mass is 246 g/mol. The van der Waals surface area contributed by atoms with Crippen molar-refractivity contribution in [1.29, 1.82) is 0 Å². The van der Waals surface area contributed by atoms with Gasteiger partial charge >= 0.3 is 0 Å². The molecular formula is C13H19BN2O2. The highest BCUT2D eigenvalue weighted by Gasteiger charge is 2.30. The number of hydrogen-bond donors (Lipinski definition) is 2. The van der Waals surface area contributed by atoms with Crippen LogP contribution in [0.1, 0.15) is 16.7 Å². The molecule has 0 fully saturated rings. The Labute approximate surface area is 108 Å². The number of fused-ring (bicyclic) bond motifs is 1. The lowest BCUT2D eigenvalue weighted by Crippen LogP contribution is -2.51. The zero-order valence-corrected chi connectivity index (χ0v) is 10.7. The SMILES string of the molecule is Cc1ccc2c(c1)C[C@@H]([C@H](O)CN)N(BC=O)C2. The molecule has 1 aliphatic heterocycles. The molecule has 1 aromatic carbocycles. The normalized spacial score (nSPS) is 21.2. The summed E-state index contributed by atoms with van der Waals surface area (Å²) in [6.07, 6.45) is 1.05. The maximum Gasteiger partial charge on any atom is 0.281 e. The molecule has 4 nitrogen and oxygen atoms in total. The number of aliphatic hydroxyl groups is 1. The highest BCUT2D eigenvalue weighted by Crippen LogP contribution is 2.25. The number of rotatable bonds is 4. The van der Waals surface area contributed by atoms with Crippen LogP contribution in [-0.4, -0.2) is 42.2 Å². The van der Waals surface area contributed by atoms with Gasteiger partial charge in [-0.15, -0.1) is 0 Å². The van der Waals surface area contributed by atoms with Gasteiger partial charge in [-0.2, -0.15) is 0 Å². The smallest absolute Gasteiger partial charge is 0.281 e. The number of benzene rings is 1. The van der Waals surface area contributed by atoms with Crippen molar-refractivity contribution >= 4 is 13.6 Å². The third-order valence-corrected chi connectivity index (χ3v) is 3.63. The van der Waals surface area contributed by atoms with Crippen molar-refractivity contribution in [3.63, 3.8) is 0 Å². The molecule has 1 aromatic rings.